The minimum Gasteiger partial charge on any atom is -1.00 e. The normalized spacial score (nSPS) is 12.4. The zero-order chi connectivity index (χ0) is 9.83. The fraction of sp³-hybridized carbons (Fsp3) is 1.00. The molecular weight excluding hydrogens is 308 g/mol. The van der Waals surface area contributed by atoms with E-state index < -0.39 is 7.82 Å². The van der Waals surface area contributed by atoms with E-state index in [1.54, 1.807) is 0 Å². The van der Waals surface area contributed by atoms with Crippen molar-refractivity contribution in [3.8, 4) is 0 Å². The van der Waals surface area contributed by atoms with Gasteiger partial charge in [0.25, 0.3) is 0 Å². The second-order valence-corrected chi connectivity index (χ2v) is 4.93. The summed E-state index contributed by atoms with van der Waals surface area (Å²) in [4.78, 5) is 16.7. The van der Waals surface area contributed by atoms with E-state index in [-0.39, 0.29) is 30.6 Å². The van der Waals surface area contributed by atoms with E-state index in [0.717, 1.165) is 11.0 Å². The van der Waals surface area contributed by atoms with E-state index in [0.29, 0.717) is 6.42 Å². The van der Waals surface area contributed by atoms with Crippen LogP contribution in [0.5, 0.6) is 0 Å². The fourth-order valence-electron chi connectivity index (χ4n) is 0.722. The highest BCUT2D eigenvalue weighted by Gasteiger charge is 2.14. The first-order valence-corrected chi connectivity index (χ1v) is 5.24. The number of quaternary nitrogens is 1. The van der Waals surface area contributed by atoms with E-state index in [9.17, 15) is 4.57 Å². The summed E-state index contributed by atoms with van der Waals surface area (Å²) in [5.74, 6) is 0. The molecule has 82 valence electrons. The van der Waals surface area contributed by atoms with Crippen LogP contribution in [0.25, 0.3) is 0 Å². The fourth-order valence-corrected chi connectivity index (χ4v) is 1.09. The summed E-state index contributed by atoms with van der Waals surface area (Å²) in [6.07, 6.45) is 0.647. The lowest BCUT2D eigenvalue weighted by Gasteiger charge is -2.23. The molecule has 0 unspecified atom stereocenters. The van der Waals surface area contributed by atoms with Crippen molar-refractivity contribution < 1.29 is 47.3 Å². The maximum Gasteiger partial charge on any atom is 0.469 e. The third-order valence-electron chi connectivity index (χ3n) is 1.23. The molecule has 0 saturated carbocycles. The van der Waals surface area contributed by atoms with Crippen LogP contribution < -0.4 is 24.0 Å². The number of nitrogens with zero attached hydrogens (tertiary/aromatic N) is 1. The molecular formula is C6H17INO4P. The maximum atomic E-state index is 10.2. The Labute approximate surface area is 95.9 Å². The molecule has 0 saturated heterocycles. The summed E-state index contributed by atoms with van der Waals surface area (Å²) < 4.78 is 15.3. The Kier molecular flexibility index (Phi) is 7.89. The van der Waals surface area contributed by atoms with Gasteiger partial charge in [-0.15, -0.1) is 0 Å². The van der Waals surface area contributed by atoms with Crippen LogP contribution in [-0.2, 0) is 9.09 Å². The molecule has 0 bridgehead atoms. The van der Waals surface area contributed by atoms with Gasteiger partial charge in [0.1, 0.15) is 0 Å². The maximum absolute atomic E-state index is 10.2. The van der Waals surface area contributed by atoms with Crippen LogP contribution in [0.4, 0.5) is 0 Å². The summed E-state index contributed by atoms with van der Waals surface area (Å²) in [6, 6.07) is 0. The molecule has 0 aliphatic heterocycles. The highest BCUT2D eigenvalue weighted by atomic mass is 127. The SMILES string of the molecule is C[N+](C)(C)CCCOP(=O)(O)O.[I-]. The van der Waals surface area contributed by atoms with Gasteiger partial charge in [-0.25, -0.2) is 4.57 Å². The molecule has 0 radical (unpaired) electrons. The standard InChI is InChI=1S/C6H16NO4P.HI/c1-7(2,3)5-4-6-11-12(8,9)10;/h4-6H2,1-3H3,(H-,8,9,10);1H. The van der Waals surface area contributed by atoms with Crippen molar-refractivity contribution in [2.45, 2.75) is 6.42 Å². The Morgan fingerprint density at radius 3 is 2.08 bits per heavy atom. The summed E-state index contributed by atoms with van der Waals surface area (Å²) in [7, 11) is 1.78. The largest absolute Gasteiger partial charge is 1.00 e. The van der Waals surface area contributed by atoms with Crippen LogP contribution in [0, 0.1) is 0 Å². The first-order valence-electron chi connectivity index (χ1n) is 3.71. The van der Waals surface area contributed by atoms with E-state index in [1.165, 1.54) is 0 Å². The number of halogens is 1. The monoisotopic (exact) mass is 325 g/mol. The first-order chi connectivity index (χ1) is 5.21. The van der Waals surface area contributed by atoms with Crippen molar-refractivity contribution in [2.75, 3.05) is 34.3 Å². The second kappa shape index (κ2) is 6.31. The Bertz CT molecular complexity index is 176. The van der Waals surface area contributed by atoms with Crippen LogP contribution in [0.1, 0.15) is 6.42 Å². The Morgan fingerprint density at radius 2 is 1.77 bits per heavy atom. The summed E-state index contributed by atoms with van der Waals surface area (Å²) in [5, 5.41) is 0. The highest BCUT2D eigenvalue weighted by Crippen LogP contribution is 2.35. The number of phosphoric ester groups is 1. The van der Waals surface area contributed by atoms with Crippen LogP contribution in [0.2, 0.25) is 0 Å². The van der Waals surface area contributed by atoms with E-state index in [4.69, 9.17) is 9.79 Å². The average molecular weight is 325 g/mol. The number of rotatable bonds is 5. The van der Waals surface area contributed by atoms with Crippen LogP contribution in [0.15, 0.2) is 0 Å². The predicted molar refractivity (Wildman–Crippen MR) is 45.5 cm³/mol. The lowest BCUT2D eigenvalue weighted by molar-refractivity contribution is -0.870. The molecule has 0 atom stereocenters. The molecule has 2 N–H and O–H groups in total. The van der Waals surface area contributed by atoms with Crippen molar-refractivity contribution >= 4 is 7.82 Å². The molecule has 0 aliphatic carbocycles. The van der Waals surface area contributed by atoms with Crippen molar-refractivity contribution in [2.24, 2.45) is 0 Å². The van der Waals surface area contributed by atoms with Gasteiger partial charge in [-0.2, -0.15) is 0 Å². The topological polar surface area (TPSA) is 66.8 Å². The molecule has 0 spiro atoms. The molecule has 7 heteroatoms. The van der Waals surface area contributed by atoms with Crippen LogP contribution in [-0.4, -0.2) is 48.6 Å². The third-order valence-corrected chi connectivity index (χ3v) is 1.75. The van der Waals surface area contributed by atoms with Crippen molar-refractivity contribution in [1.29, 1.82) is 0 Å². The predicted octanol–water partition coefficient (Wildman–Crippen LogP) is -2.80. The second-order valence-electron chi connectivity index (χ2n) is 3.69. The van der Waals surface area contributed by atoms with Gasteiger partial charge in [0.2, 0.25) is 0 Å². The molecule has 0 fully saturated rings. The smallest absolute Gasteiger partial charge is 0.469 e. The quantitative estimate of drug-likeness (QED) is 0.248. The average Bonchev–Trinajstić information content (AvgIpc) is 1.76. The number of phosphoric acid groups is 1. The Balaban J connectivity index is 0. The number of hydrogen-bond acceptors (Lipinski definition) is 2. The molecule has 0 aromatic rings. The highest BCUT2D eigenvalue weighted by molar-refractivity contribution is 7.46. The minimum atomic E-state index is -4.25. The molecule has 0 aliphatic rings. The molecule has 13 heavy (non-hydrogen) atoms. The molecule has 0 aromatic heterocycles. The van der Waals surface area contributed by atoms with Gasteiger partial charge in [-0.3, -0.25) is 4.52 Å². The third kappa shape index (κ3) is 15.5. The zero-order valence-corrected chi connectivity index (χ0v) is 11.2. The van der Waals surface area contributed by atoms with Crippen molar-refractivity contribution in [3.05, 3.63) is 0 Å². The molecule has 0 aromatic carbocycles. The molecule has 0 amide bonds. The number of hydrogen-bond donors (Lipinski definition) is 2. The van der Waals surface area contributed by atoms with Crippen LogP contribution in [0.3, 0.4) is 0 Å². The van der Waals surface area contributed by atoms with Crippen LogP contribution >= 0.6 is 7.82 Å². The summed E-state index contributed by atoms with van der Waals surface area (Å²) >= 11 is 0. The molecule has 0 rings (SSSR count). The first kappa shape index (κ1) is 16.2. The van der Waals surface area contributed by atoms with E-state index >= 15 is 0 Å². The van der Waals surface area contributed by atoms with Crippen molar-refractivity contribution in [3.63, 3.8) is 0 Å². The van der Waals surface area contributed by atoms with Gasteiger partial charge in [-0.05, 0) is 0 Å². The Morgan fingerprint density at radius 1 is 1.31 bits per heavy atom. The van der Waals surface area contributed by atoms with Gasteiger partial charge in [-0.1, -0.05) is 0 Å². The lowest BCUT2D eigenvalue weighted by Crippen LogP contribution is -3.00. The van der Waals surface area contributed by atoms with Gasteiger partial charge in [0.15, 0.2) is 0 Å². The van der Waals surface area contributed by atoms with Crippen molar-refractivity contribution in [1.82, 2.24) is 0 Å². The lowest BCUT2D eigenvalue weighted by atomic mass is 10.4. The van der Waals surface area contributed by atoms with Gasteiger partial charge >= 0.3 is 7.82 Å². The van der Waals surface area contributed by atoms with Gasteiger partial charge in [0.05, 0.1) is 34.3 Å². The summed E-state index contributed by atoms with van der Waals surface area (Å²) in [6.45, 7) is 0.944. The molecule has 0 heterocycles. The van der Waals surface area contributed by atoms with E-state index in [2.05, 4.69) is 4.52 Å². The Hall–Kier alpha value is 0.800. The molecule has 5 nitrogen and oxygen atoms in total. The zero-order valence-electron chi connectivity index (χ0n) is 8.10. The van der Waals surface area contributed by atoms with Gasteiger partial charge in [0, 0.05) is 6.42 Å². The van der Waals surface area contributed by atoms with E-state index in [1.807, 2.05) is 21.1 Å². The minimum absolute atomic E-state index is 0. The summed E-state index contributed by atoms with van der Waals surface area (Å²) in [5.41, 5.74) is 0. The van der Waals surface area contributed by atoms with Gasteiger partial charge < -0.3 is 38.2 Å².